The number of carboxylic acid groups (broad SMARTS) is 1. The van der Waals surface area contributed by atoms with Crippen LogP contribution in [0.4, 0.5) is 0 Å². The van der Waals surface area contributed by atoms with Gasteiger partial charge in [-0.15, -0.1) is 11.8 Å². The largest absolute Gasteiger partial charge is 0.480 e. The molecule has 0 spiro atoms. The highest BCUT2D eigenvalue weighted by Crippen LogP contribution is 2.35. The third kappa shape index (κ3) is 6.67. The number of likely N-dealkylation sites (tertiary alicyclic amines) is 1. The van der Waals surface area contributed by atoms with E-state index in [2.05, 4.69) is 10.3 Å². The highest BCUT2D eigenvalue weighted by molar-refractivity contribution is 7.98. The van der Waals surface area contributed by atoms with E-state index in [1.54, 1.807) is 17.0 Å². The number of para-hydroxylation sites is 1. The fourth-order valence-electron chi connectivity index (χ4n) is 4.38. The normalized spacial score (nSPS) is 15.1. The lowest BCUT2D eigenvalue weighted by atomic mass is 9.95. The number of aromatic nitrogens is 1. The van der Waals surface area contributed by atoms with Gasteiger partial charge in [0.25, 0.3) is 0 Å². The molecule has 3 aromatic rings. The maximum absolute atomic E-state index is 12.9. The molecule has 1 saturated heterocycles. The topological polar surface area (TPSA) is 99.6 Å². The van der Waals surface area contributed by atoms with Gasteiger partial charge < -0.3 is 15.3 Å². The Kier molecular flexibility index (Phi) is 9.31. The number of amides is 2. The SMILES string of the molecule is CSc1ccc(C=CC(=O)N2CCC(C(=O)NC(Cc3ccc4ccccc4n3)C(=O)O)CC2)c(Cl)c1Cl. The third-order valence-electron chi connectivity index (χ3n) is 6.56. The van der Waals surface area contributed by atoms with Crippen LogP contribution in [0.15, 0.2) is 59.5 Å². The summed E-state index contributed by atoms with van der Waals surface area (Å²) >= 11 is 14.1. The number of carbonyl (C=O) groups excluding carboxylic acids is 2. The van der Waals surface area contributed by atoms with Crippen LogP contribution >= 0.6 is 35.0 Å². The molecule has 2 heterocycles. The van der Waals surface area contributed by atoms with Gasteiger partial charge in [-0.2, -0.15) is 0 Å². The highest BCUT2D eigenvalue weighted by Gasteiger charge is 2.30. The van der Waals surface area contributed by atoms with Crippen LogP contribution in [0.2, 0.25) is 10.0 Å². The zero-order valence-electron chi connectivity index (χ0n) is 20.7. The Balaban J connectivity index is 1.31. The van der Waals surface area contributed by atoms with Gasteiger partial charge in [-0.1, -0.05) is 53.5 Å². The van der Waals surface area contributed by atoms with Crippen LogP contribution in [0, 0.1) is 5.92 Å². The number of aliphatic carboxylic acids is 1. The Morgan fingerprint density at radius 2 is 1.84 bits per heavy atom. The Bertz CT molecular complexity index is 1390. The molecule has 0 bridgehead atoms. The molecule has 0 aliphatic carbocycles. The number of rotatable bonds is 8. The molecule has 2 amide bonds. The van der Waals surface area contributed by atoms with Gasteiger partial charge in [-0.3, -0.25) is 14.6 Å². The average molecular weight is 573 g/mol. The fraction of sp³-hybridized carbons (Fsp3) is 0.286. The molecular formula is C28H27Cl2N3O4S. The number of thioether (sulfide) groups is 1. The van der Waals surface area contributed by atoms with E-state index in [0.717, 1.165) is 15.8 Å². The first-order valence-corrected chi connectivity index (χ1v) is 14.1. The monoisotopic (exact) mass is 571 g/mol. The molecule has 2 aromatic carbocycles. The zero-order valence-corrected chi connectivity index (χ0v) is 23.0. The average Bonchev–Trinajstić information content (AvgIpc) is 2.93. The first-order valence-electron chi connectivity index (χ1n) is 12.1. The summed E-state index contributed by atoms with van der Waals surface area (Å²) < 4.78 is 0. The van der Waals surface area contributed by atoms with E-state index < -0.39 is 12.0 Å². The second-order valence-electron chi connectivity index (χ2n) is 9.02. The number of piperidine rings is 1. The van der Waals surface area contributed by atoms with E-state index in [1.165, 1.54) is 17.8 Å². The van der Waals surface area contributed by atoms with Crippen molar-refractivity contribution >= 4 is 69.7 Å². The van der Waals surface area contributed by atoms with Gasteiger partial charge in [0, 0.05) is 47.5 Å². The molecule has 1 unspecified atom stereocenters. The molecular weight excluding hydrogens is 545 g/mol. The van der Waals surface area contributed by atoms with Crippen molar-refractivity contribution in [2.75, 3.05) is 19.3 Å². The quantitative estimate of drug-likeness (QED) is 0.280. The number of hydrogen-bond donors (Lipinski definition) is 2. The lowest BCUT2D eigenvalue weighted by Gasteiger charge is -2.31. The van der Waals surface area contributed by atoms with Crippen LogP contribution in [0.25, 0.3) is 17.0 Å². The van der Waals surface area contributed by atoms with Crippen molar-refractivity contribution < 1.29 is 19.5 Å². The molecule has 0 saturated carbocycles. The van der Waals surface area contributed by atoms with Crippen molar-refractivity contribution in [3.05, 3.63) is 75.9 Å². The summed E-state index contributed by atoms with van der Waals surface area (Å²) in [7, 11) is 0. The molecule has 1 aliphatic heterocycles. The minimum atomic E-state index is -1.12. The van der Waals surface area contributed by atoms with Crippen molar-refractivity contribution in [3.63, 3.8) is 0 Å². The maximum atomic E-state index is 12.9. The lowest BCUT2D eigenvalue weighted by molar-refractivity contribution is -0.142. The molecule has 1 fully saturated rings. The number of pyridine rings is 1. The van der Waals surface area contributed by atoms with Gasteiger partial charge in [-0.25, -0.2) is 4.79 Å². The minimum absolute atomic E-state index is 0.0819. The van der Waals surface area contributed by atoms with Crippen molar-refractivity contribution in [1.82, 2.24) is 15.2 Å². The number of hydrogen-bond acceptors (Lipinski definition) is 5. The van der Waals surface area contributed by atoms with Gasteiger partial charge in [0.05, 0.1) is 15.6 Å². The molecule has 1 aromatic heterocycles. The standard InChI is InChI=1S/C28H27Cl2N3O4S/c1-38-23-10-7-18(25(29)26(23)30)8-11-24(34)33-14-12-19(13-15-33)27(35)32-22(28(36)37)16-20-9-6-17-4-2-3-5-21(17)31-20/h2-11,19,22H,12-16H2,1H3,(H,32,35)(H,36,37). The number of nitrogens with zero attached hydrogens (tertiary/aromatic N) is 2. The van der Waals surface area contributed by atoms with Crippen molar-refractivity contribution in [2.45, 2.75) is 30.2 Å². The van der Waals surface area contributed by atoms with Crippen LogP contribution in [0.5, 0.6) is 0 Å². The summed E-state index contributed by atoms with van der Waals surface area (Å²) in [6.07, 6.45) is 5.97. The summed E-state index contributed by atoms with van der Waals surface area (Å²) in [5, 5.41) is 14.2. The van der Waals surface area contributed by atoms with Gasteiger partial charge in [-0.05, 0) is 48.9 Å². The summed E-state index contributed by atoms with van der Waals surface area (Å²) in [4.78, 5) is 44.5. The highest BCUT2D eigenvalue weighted by atomic mass is 35.5. The van der Waals surface area contributed by atoms with Crippen molar-refractivity contribution in [2.24, 2.45) is 5.92 Å². The fourth-order valence-corrected chi connectivity index (χ4v) is 5.56. The summed E-state index contributed by atoms with van der Waals surface area (Å²) in [5.41, 5.74) is 2.01. The number of carboxylic acids is 1. The van der Waals surface area contributed by atoms with Crippen LogP contribution in [0.1, 0.15) is 24.1 Å². The summed E-state index contributed by atoms with van der Waals surface area (Å²) in [6, 6.07) is 13.8. The molecule has 198 valence electrons. The third-order valence-corrected chi connectivity index (χ3v) is 8.35. The van der Waals surface area contributed by atoms with E-state index in [4.69, 9.17) is 23.2 Å². The van der Waals surface area contributed by atoms with Crippen LogP contribution < -0.4 is 5.32 Å². The van der Waals surface area contributed by atoms with E-state index >= 15 is 0 Å². The lowest BCUT2D eigenvalue weighted by Crippen LogP contribution is -2.48. The van der Waals surface area contributed by atoms with Crippen molar-refractivity contribution in [3.8, 4) is 0 Å². The van der Waals surface area contributed by atoms with E-state index in [9.17, 15) is 19.5 Å². The minimum Gasteiger partial charge on any atom is -0.480 e. The number of halogens is 2. The smallest absolute Gasteiger partial charge is 0.326 e. The Hall–Kier alpha value is -3.07. The molecule has 4 rings (SSSR count). The Morgan fingerprint density at radius 3 is 2.55 bits per heavy atom. The molecule has 7 nitrogen and oxygen atoms in total. The second-order valence-corrected chi connectivity index (χ2v) is 10.6. The number of benzene rings is 2. The van der Waals surface area contributed by atoms with Gasteiger partial charge in [0.15, 0.2) is 0 Å². The van der Waals surface area contributed by atoms with Crippen LogP contribution in [0.3, 0.4) is 0 Å². The first-order chi connectivity index (χ1) is 18.3. The van der Waals surface area contributed by atoms with Gasteiger partial charge in [0.1, 0.15) is 6.04 Å². The van der Waals surface area contributed by atoms with Gasteiger partial charge >= 0.3 is 5.97 Å². The van der Waals surface area contributed by atoms with Crippen molar-refractivity contribution in [1.29, 1.82) is 0 Å². The van der Waals surface area contributed by atoms with Crippen LogP contribution in [-0.2, 0) is 20.8 Å². The molecule has 2 N–H and O–H groups in total. The maximum Gasteiger partial charge on any atom is 0.326 e. The van der Waals surface area contributed by atoms with E-state index in [-0.39, 0.29) is 24.2 Å². The zero-order chi connectivity index (χ0) is 27.2. The first kappa shape index (κ1) is 28.0. The molecule has 10 heteroatoms. The summed E-state index contributed by atoms with van der Waals surface area (Å²) in [6.45, 7) is 0.788. The number of fused-ring (bicyclic) bond motifs is 1. The number of carbonyl (C=O) groups is 3. The predicted molar refractivity (Wildman–Crippen MR) is 152 cm³/mol. The van der Waals surface area contributed by atoms with Crippen LogP contribution in [-0.4, -0.2) is 58.2 Å². The Morgan fingerprint density at radius 1 is 1.11 bits per heavy atom. The van der Waals surface area contributed by atoms with E-state index in [1.807, 2.05) is 48.7 Å². The van der Waals surface area contributed by atoms with E-state index in [0.29, 0.717) is 47.2 Å². The predicted octanol–water partition coefficient (Wildman–Crippen LogP) is 5.33. The Labute approximate surface area is 235 Å². The number of nitrogens with one attached hydrogen (secondary N) is 1. The summed E-state index contributed by atoms with van der Waals surface area (Å²) in [5.74, 6) is -2.00. The van der Waals surface area contributed by atoms with Gasteiger partial charge in [0.2, 0.25) is 11.8 Å². The molecule has 0 radical (unpaired) electrons. The molecule has 1 atom stereocenters. The molecule has 1 aliphatic rings. The second kappa shape index (κ2) is 12.7. The molecule has 38 heavy (non-hydrogen) atoms.